The quantitative estimate of drug-likeness (QED) is 0.605. The van der Waals surface area contributed by atoms with Gasteiger partial charge >= 0.3 is 0 Å². The molecule has 3 heteroatoms. The van der Waals surface area contributed by atoms with E-state index in [0.717, 1.165) is 38.6 Å². The molecule has 0 aliphatic heterocycles. The van der Waals surface area contributed by atoms with Crippen molar-refractivity contribution in [2.45, 2.75) is 20.8 Å². The number of fused-ring (bicyclic) bond motifs is 3. The Morgan fingerprint density at radius 2 is 1.78 bits per heavy atom. The highest BCUT2D eigenvalue weighted by atomic mass is 16.3. The molecular formula is C15H15NO2. The molecule has 0 radical (unpaired) electrons. The Labute approximate surface area is 105 Å². The Kier molecular flexibility index (Phi) is 2.14. The molecule has 2 heterocycles. The van der Waals surface area contributed by atoms with Crippen molar-refractivity contribution in [1.82, 2.24) is 4.57 Å². The molecule has 0 fully saturated rings. The van der Waals surface area contributed by atoms with Crippen molar-refractivity contribution in [3.8, 4) is 0 Å². The standard InChI is InChI=1S/C15H15NO2/c1-8-6-12(17)16(4)14-11(8)5-9(2)15-13(14)10(3)7-18-15/h5-7H,1-4H3. The average molecular weight is 241 g/mol. The minimum absolute atomic E-state index is 0.0192. The maximum atomic E-state index is 11.9. The highest BCUT2D eigenvalue weighted by Gasteiger charge is 2.14. The van der Waals surface area contributed by atoms with Crippen LogP contribution in [0.15, 0.2) is 27.6 Å². The number of aryl methyl sites for hydroxylation is 4. The molecular weight excluding hydrogens is 226 g/mol. The summed E-state index contributed by atoms with van der Waals surface area (Å²) in [6, 6.07) is 3.78. The Balaban J connectivity index is 2.77. The summed E-state index contributed by atoms with van der Waals surface area (Å²) >= 11 is 0. The van der Waals surface area contributed by atoms with E-state index in [9.17, 15) is 4.79 Å². The van der Waals surface area contributed by atoms with Crippen LogP contribution in [-0.4, -0.2) is 4.57 Å². The summed E-state index contributed by atoms with van der Waals surface area (Å²) in [7, 11) is 1.81. The summed E-state index contributed by atoms with van der Waals surface area (Å²) in [4.78, 5) is 11.9. The molecule has 0 saturated heterocycles. The first-order chi connectivity index (χ1) is 8.50. The molecule has 0 spiro atoms. The fraction of sp³-hybridized carbons (Fsp3) is 0.267. The zero-order chi connectivity index (χ0) is 13.0. The second-order valence-corrected chi connectivity index (χ2v) is 4.94. The van der Waals surface area contributed by atoms with E-state index in [-0.39, 0.29) is 5.56 Å². The first kappa shape index (κ1) is 11.1. The third-order valence-electron chi connectivity index (χ3n) is 3.62. The van der Waals surface area contributed by atoms with Gasteiger partial charge in [0.1, 0.15) is 5.58 Å². The number of hydrogen-bond acceptors (Lipinski definition) is 2. The summed E-state index contributed by atoms with van der Waals surface area (Å²) < 4.78 is 7.31. The second kappa shape index (κ2) is 3.48. The van der Waals surface area contributed by atoms with Crippen molar-refractivity contribution in [3.05, 3.63) is 45.4 Å². The van der Waals surface area contributed by atoms with Crippen LogP contribution >= 0.6 is 0 Å². The van der Waals surface area contributed by atoms with Crippen LogP contribution in [0.3, 0.4) is 0 Å². The minimum Gasteiger partial charge on any atom is -0.464 e. The Hall–Kier alpha value is -2.03. The van der Waals surface area contributed by atoms with Crippen LogP contribution in [0, 0.1) is 20.8 Å². The van der Waals surface area contributed by atoms with E-state index in [2.05, 4.69) is 6.07 Å². The molecule has 1 aromatic carbocycles. The van der Waals surface area contributed by atoms with Crippen molar-refractivity contribution >= 4 is 21.9 Å². The number of furan rings is 1. The van der Waals surface area contributed by atoms with Crippen LogP contribution in [-0.2, 0) is 7.05 Å². The van der Waals surface area contributed by atoms with Gasteiger partial charge in [-0.05, 0) is 43.5 Å². The molecule has 0 aliphatic carbocycles. The summed E-state index contributed by atoms with van der Waals surface area (Å²) in [5.74, 6) is 0. The lowest BCUT2D eigenvalue weighted by Gasteiger charge is -2.10. The smallest absolute Gasteiger partial charge is 0.251 e. The summed E-state index contributed by atoms with van der Waals surface area (Å²) in [5.41, 5.74) is 5.04. The van der Waals surface area contributed by atoms with Crippen LogP contribution in [0.4, 0.5) is 0 Å². The molecule has 18 heavy (non-hydrogen) atoms. The number of benzene rings is 1. The van der Waals surface area contributed by atoms with Gasteiger partial charge in [0.25, 0.3) is 5.56 Å². The molecule has 0 atom stereocenters. The molecule has 2 aromatic heterocycles. The Morgan fingerprint density at radius 3 is 2.50 bits per heavy atom. The number of nitrogens with zero attached hydrogens (tertiary/aromatic N) is 1. The Morgan fingerprint density at radius 1 is 1.06 bits per heavy atom. The molecule has 0 aliphatic rings. The van der Waals surface area contributed by atoms with Gasteiger partial charge in [0, 0.05) is 23.9 Å². The number of pyridine rings is 1. The average Bonchev–Trinajstić information content (AvgIpc) is 2.70. The molecule has 0 saturated carbocycles. The fourth-order valence-corrected chi connectivity index (χ4v) is 2.63. The molecule has 0 amide bonds. The van der Waals surface area contributed by atoms with Crippen LogP contribution in [0.25, 0.3) is 21.9 Å². The molecule has 3 aromatic rings. The molecule has 3 nitrogen and oxygen atoms in total. The normalized spacial score (nSPS) is 11.6. The highest BCUT2D eigenvalue weighted by Crippen LogP contribution is 2.32. The summed E-state index contributed by atoms with van der Waals surface area (Å²) in [6.07, 6.45) is 1.75. The largest absolute Gasteiger partial charge is 0.464 e. The maximum absolute atomic E-state index is 11.9. The van der Waals surface area contributed by atoms with Crippen molar-refractivity contribution in [3.63, 3.8) is 0 Å². The van der Waals surface area contributed by atoms with E-state index in [1.807, 2.05) is 27.8 Å². The van der Waals surface area contributed by atoms with Crippen molar-refractivity contribution in [2.24, 2.45) is 7.05 Å². The van der Waals surface area contributed by atoms with Gasteiger partial charge in [-0.1, -0.05) is 0 Å². The van der Waals surface area contributed by atoms with Crippen LogP contribution in [0.1, 0.15) is 16.7 Å². The lowest BCUT2D eigenvalue weighted by atomic mass is 10.0. The van der Waals surface area contributed by atoms with Gasteiger partial charge in [0.05, 0.1) is 11.8 Å². The SMILES string of the molecule is Cc1cc(=O)n(C)c2c1cc(C)c1occ(C)c12. The maximum Gasteiger partial charge on any atom is 0.251 e. The monoisotopic (exact) mass is 241 g/mol. The summed E-state index contributed by atoms with van der Waals surface area (Å²) in [6.45, 7) is 6.03. The zero-order valence-electron chi connectivity index (χ0n) is 11.0. The molecule has 0 bridgehead atoms. The van der Waals surface area contributed by atoms with Gasteiger partial charge < -0.3 is 8.98 Å². The predicted molar refractivity (Wildman–Crippen MR) is 73.2 cm³/mol. The van der Waals surface area contributed by atoms with Gasteiger partial charge in [-0.2, -0.15) is 0 Å². The first-order valence-electron chi connectivity index (χ1n) is 5.98. The van der Waals surface area contributed by atoms with E-state index >= 15 is 0 Å². The molecule has 0 N–H and O–H groups in total. The summed E-state index contributed by atoms with van der Waals surface area (Å²) in [5, 5.41) is 2.17. The number of hydrogen-bond donors (Lipinski definition) is 0. The minimum atomic E-state index is 0.0192. The van der Waals surface area contributed by atoms with Crippen molar-refractivity contribution in [2.75, 3.05) is 0 Å². The molecule has 0 unspecified atom stereocenters. The van der Waals surface area contributed by atoms with Gasteiger partial charge in [0.15, 0.2) is 0 Å². The third kappa shape index (κ3) is 1.27. The van der Waals surface area contributed by atoms with Crippen LogP contribution in [0.5, 0.6) is 0 Å². The van der Waals surface area contributed by atoms with Crippen molar-refractivity contribution < 1.29 is 4.42 Å². The van der Waals surface area contributed by atoms with E-state index < -0.39 is 0 Å². The van der Waals surface area contributed by atoms with Gasteiger partial charge in [-0.25, -0.2) is 0 Å². The van der Waals surface area contributed by atoms with Gasteiger partial charge in [-0.3, -0.25) is 4.79 Å². The van der Waals surface area contributed by atoms with E-state index in [4.69, 9.17) is 4.42 Å². The van der Waals surface area contributed by atoms with E-state index in [1.165, 1.54) is 0 Å². The Bertz CT molecular complexity index is 837. The lowest BCUT2D eigenvalue weighted by Crippen LogP contribution is -2.16. The van der Waals surface area contributed by atoms with E-state index in [1.54, 1.807) is 16.9 Å². The molecule has 3 rings (SSSR count). The molecule has 92 valence electrons. The van der Waals surface area contributed by atoms with E-state index in [0.29, 0.717) is 0 Å². The van der Waals surface area contributed by atoms with Crippen LogP contribution in [0.2, 0.25) is 0 Å². The zero-order valence-corrected chi connectivity index (χ0v) is 11.0. The lowest BCUT2D eigenvalue weighted by molar-refractivity contribution is 0.610. The van der Waals surface area contributed by atoms with Crippen LogP contribution < -0.4 is 5.56 Å². The van der Waals surface area contributed by atoms with Crippen molar-refractivity contribution in [1.29, 1.82) is 0 Å². The second-order valence-electron chi connectivity index (χ2n) is 4.94. The van der Waals surface area contributed by atoms with Gasteiger partial charge in [0.2, 0.25) is 0 Å². The number of aromatic nitrogens is 1. The first-order valence-corrected chi connectivity index (χ1v) is 5.98. The number of rotatable bonds is 0. The fourth-order valence-electron chi connectivity index (χ4n) is 2.63. The third-order valence-corrected chi connectivity index (χ3v) is 3.62. The highest BCUT2D eigenvalue weighted by molar-refractivity contribution is 6.07. The topological polar surface area (TPSA) is 35.1 Å². The van der Waals surface area contributed by atoms with Gasteiger partial charge in [-0.15, -0.1) is 0 Å². The predicted octanol–water partition coefficient (Wildman–Crippen LogP) is 3.21.